The number of anilines is 1. The number of carbonyl (C=O) groups excluding carboxylic acids is 2. The first-order valence-corrected chi connectivity index (χ1v) is 9.14. The van der Waals surface area contributed by atoms with Crippen molar-refractivity contribution in [1.29, 1.82) is 0 Å². The van der Waals surface area contributed by atoms with Gasteiger partial charge in [0.1, 0.15) is 11.3 Å². The van der Waals surface area contributed by atoms with Gasteiger partial charge < -0.3 is 19.2 Å². The number of nitro groups is 1. The monoisotopic (exact) mass is 432 g/mol. The van der Waals surface area contributed by atoms with Crippen molar-refractivity contribution < 1.29 is 28.4 Å². The average molecular weight is 433 g/mol. The highest BCUT2D eigenvalue weighted by atomic mass is 35.5. The van der Waals surface area contributed by atoms with Crippen molar-refractivity contribution in [2.45, 2.75) is 19.4 Å². The zero-order chi connectivity index (χ0) is 21.8. The number of halogens is 1. The van der Waals surface area contributed by atoms with Gasteiger partial charge in [-0.15, -0.1) is 0 Å². The summed E-state index contributed by atoms with van der Waals surface area (Å²) in [4.78, 5) is 34.9. The van der Waals surface area contributed by atoms with E-state index in [1.807, 2.05) is 0 Å². The van der Waals surface area contributed by atoms with Crippen LogP contribution in [0.25, 0.3) is 11.0 Å². The standard InChI is InChI=1S/C20H17ClN2O7/c1-11(20(25)22-17-8-13(23(26)27)3-6-16(17)21)30-19(24)7-12-10-29-18-9-14(28-2)4-5-15(12)18/h3-6,8-11H,7H2,1-2H3,(H,22,25). The fourth-order valence-corrected chi connectivity index (χ4v) is 2.90. The van der Waals surface area contributed by atoms with E-state index in [9.17, 15) is 19.7 Å². The van der Waals surface area contributed by atoms with E-state index in [-0.39, 0.29) is 22.8 Å². The van der Waals surface area contributed by atoms with Gasteiger partial charge in [-0.05, 0) is 25.1 Å². The van der Waals surface area contributed by atoms with Crippen molar-refractivity contribution in [3.63, 3.8) is 0 Å². The van der Waals surface area contributed by atoms with Crippen LogP contribution in [0.5, 0.6) is 5.75 Å². The smallest absolute Gasteiger partial charge is 0.311 e. The molecule has 0 saturated carbocycles. The Bertz CT molecular complexity index is 1130. The number of methoxy groups -OCH3 is 1. The summed E-state index contributed by atoms with van der Waals surface area (Å²) in [7, 11) is 1.54. The molecule has 0 spiro atoms. The predicted molar refractivity (Wildman–Crippen MR) is 109 cm³/mol. The lowest BCUT2D eigenvalue weighted by molar-refractivity contribution is -0.384. The summed E-state index contributed by atoms with van der Waals surface area (Å²) in [6.45, 7) is 1.39. The van der Waals surface area contributed by atoms with Gasteiger partial charge in [-0.3, -0.25) is 19.7 Å². The Kier molecular flexibility index (Phi) is 6.22. The van der Waals surface area contributed by atoms with Crippen molar-refractivity contribution in [3.05, 3.63) is 63.4 Å². The van der Waals surface area contributed by atoms with E-state index in [1.54, 1.807) is 18.2 Å². The van der Waals surface area contributed by atoms with Crippen LogP contribution in [0, 0.1) is 10.1 Å². The molecular formula is C20H17ClN2O7. The summed E-state index contributed by atoms with van der Waals surface area (Å²) in [6, 6.07) is 8.84. The molecule has 2 aromatic carbocycles. The highest BCUT2D eigenvalue weighted by Crippen LogP contribution is 2.28. The summed E-state index contributed by atoms with van der Waals surface area (Å²) >= 11 is 5.96. The molecule has 1 N–H and O–H groups in total. The second-order valence-electron chi connectivity index (χ2n) is 6.34. The molecule has 156 valence electrons. The normalized spacial score (nSPS) is 11.7. The number of hydrogen-bond acceptors (Lipinski definition) is 7. The average Bonchev–Trinajstić information content (AvgIpc) is 3.10. The summed E-state index contributed by atoms with van der Waals surface area (Å²) in [5.74, 6) is -0.690. The SMILES string of the molecule is COc1ccc2c(CC(=O)OC(C)C(=O)Nc3cc([N+](=O)[O-])ccc3Cl)coc2c1. The first-order valence-electron chi connectivity index (χ1n) is 8.77. The molecule has 1 aromatic heterocycles. The van der Waals surface area contributed by atoms with Gasteiger partial charge in [0.05, 0.1) is 35.4 Å². The Balaban J connectivity index is 1.64. The maximum atomic E-state index is 12.3. The third-order valence-corrected chi connectivity index (χ3v) is 4.62. The van der Waals surface area contributed by atoms with E-state index in [0.29, 0.717) is 16.9 Å². The van der Waals surface area contributed by atoms with Crippen molar-refractivity contribution >= 4 is 45.8 Å². The fraction of sp³-hybridized carbons (Fsp3) is 0.200. The minimum atomic E-state index is -1.15. The van der Waals surface area contributed by atoms with Crippen LogP contribution in [0.2, 0.25) is 5.02 Å². The van der Waals surface area contributed by atoms with E-state index in [4.69, 9.17) is 25.5 Å². The number of benzene rings is 2. The molecule has 0 aliphatic heterocycles. The highest BCUT2D eigenvalue weighted by molar-refractivity contribution is 6.33. The number of esters is 1. The van der Waals surface area contributed by atoms with Crippen LogP contribution in [-0.4, -0.2) is 30.0 Å². The number of furan rings is 1. The largest absolute Gasteiger partial charge is 0.497 e. The summed E-state index contributed by atoms with van der Waals surface area (Å²) < 4.78 is 15.7. The van der Waals surface area contributed by atoms with Gasteiger partial charge in [0.25, 0.3) is 11.6 Å². The maximum Gasteiger partial charge on any atom is 0.311 e. The number of nitro benzene ring substituents is 1. The molecule has 9 nitrogen and oxygen atoms in total. The summed E-state index contributed by atoms with van der Waals surface area (Å²) in [6.07, 6.45) is 0.194. The van der Waals surface area contributed by atoms with E-state index < -0.39 is 22.9 Å². The Morgan fingerprint density at radius 1 is 1.27 bits per heavy atom. The van der Waals surface area contributed by atoms with Gasteiger partial charge in [-0.1, -0.05) is 11.6 Å². The Hall–Kier alpha value is -3.59. The van der Waals surface area contributed by atoms with E-state index in [2.05, 4.69) is 5.32 Å². The van der Waals surface area contributed by atoms with E-state index in [0.717, 1.165) is 11.5 Å². The molecule has 0 bridgehead atoms. The maximum absolute atomic E-state index is 12.3. The van der Waals surface area contributed by atoms with Crippen molar-refractivity contribution in [2.75, 3.05) is 12.4 Å². The molecule has 0 saturated heterocycles. The Morgan fingerprint density at radius 3 is 2.73 bits per heavy atom. The molecule has 10 heteroatoms. The van der Waals surface area contributed by atoms with Gasteiger partial charge in [0.2, 0.25) is 0 Å². The fourth-order valence-electron chi connectivity index (χ4n) is 2.73. The Labute approximate surface area is 175 Å². The van der Waals surface area contributed by atoms with Gasteiger partial charge in [-0.25, -0.2) is 0 Å². The zero-order valence-electron chi connectivity index (χ0n) is 16.0. The minimum Gasteiger partial charge on any atom is -0.497 e. The summed E-state index contributed by atoms with van der Waals surface area (Å²) in [5, 5.41) is 14.2. The molecular weight excluding hydrogens is 416 g/mol. The number of hydrogen-bond donors (Lipinski definition) is 1. The molecule has 3 aromatic rings. The number of fused-ring (bicyclic) bond motifs is 1. The Morgan fingerprint density at radius 2 is 2.03 bits per heavy atom. The van der Waals surface area contributed by atoms with Gasteiger partial charge in [0.15, 0.2) is 6.10 Å². The van der Waals surface area contributed by atoms with E-state index >= 15 is 0 Å². The number of rotatable bonds is 7. The molecule has 0 aliphatic rings. The molecule has 0 radical (unpaired) electrons. The van der Waals surface area contributed by atoms with E-state index in [1.165, 1.54) is 32.4 Å². The highest BCUT2D eigenvalue weighted by Gasteiger charge is 2.21. The molecule has 3 rings (SSSR count). The van der Waals surface area contributed by atoms with Gasteiger partial charge in [-0.2, -0.15) is 0 Å². The minimum absolute atomic E-state index is 0.0496. The third-order valence-electron chi connectivity index (χ3n) is 4.29. The second-order valence-corrected chi connectivity index (χ2v) is 6.75. The van der Waals surface area contributed by atoms with Crippen molar-refractivity contribution in [2.24, 2.45) is 0 Å². The number of nitrogens with zero attached hydrogens (tertiary/aromatic N) is 1. The summed E-state index contributed by atoms with van der Waals surface area (Å²) in [5.41, 5.74) is 0.978. The lowest BCUT2D eigenvalue weighted by Gasteiger charge is -2.14. The van der Waals surface area contributed by atoms with Gasteiger partial charge in [0, 0.05) is 29.1 Å². The van der Waals surface area contributed by atoms with Crippen LogP contribution in [0.4, 0.5) is 11.4 Å². The molecule has 1 amide bonds. The van der Waals surface area contributed by atoms with Crippen LogP contribution in [-0.2, 0) is 20.7 Å². The molecule has 1 unspecified atom stereocenters. The number of carbonyl (C=O) groups is 2. The van der Waals surface area contributed by atoms with Crippen LogP contribution >= 0.6 is 11.6 Å². The zero-order valence-corrected chi connectivity index (χ0v) is 16.8. The van der Waals surface area contributed by atoms with Crippen LogP contribution in [0.15, 0.2) is 47.1 Å². The predicted octanol–water partition coefficient (Wildman–Crippen LogP) is 4.12. The molecule has 30 heavy (non-hydrogen) atoms. The first kappa shape index (κ1) is 21.1. The third kappa shape index (κ3) is 4.69. The van der Waals surface area contributed by atoms with Crippen LogP contribution in [0.1, 0.15) is 12.5 Å². The molecule has 0 fully saturated rings. The number of non-ortho nitro benzene ring substituents is 1. The van der Waals surface area contributed by atoms with Gasteiger partial charge >= 0.3 is 5.97 Å². The lowest BCUT2D eigenvalue weighted by atomic mass is 10.1. The van der Waals surface area contributed by atoms with Crippen molar-refractivity contribution in [1.82, 2.24) is 0 Å². The van der Waals surface area contributed by atoms with Crippen molar-refractivity contribution in [3.8, 4) is 5.75 Å². The lowest BCUT2D eigenvalue weighted by Crippen LogP contribution is -2.30. The topological polar surface area (TPSA) is 121 Å². The molecule has 1 heterocycles. The number of nitrogens with one attached hydrogen (secondary N) is 1. The first-order chi connectivity index (χ1) is 14.3. The number of ether oxygens (including phenoxy) is 2. The molecule has 0 aliphatic carbocycles. The second kappa shape index (κ2) is 8.83. The quantitative estimate of drug-likeness (QED) is 0.338. The van der Waals surface area contributed by atoms with Crippen LogP contribution < -0.4 is 10.1 Å². The number of amides is 1. The van der Waals surface area contributed by atoms with Crippen LogP contribution in [0.3, 0.4) is 0 Å². The molecule has 1 atom stereocenters.